The maximum atomic E-state index is 13.2. The third-order valence-electron chi connectivity index (χ3n) is 8.96. The lowest BCUT2D eigenvalue weighted by Crippen LogP contribution is -2.32. The van der Waals surface area contributed by atoms with Gasteiger partial charge in [0.2, 0.25) is 5.91 Å². The summed E-state index contributed by atoms with van der Waals surface area (Å²) in [5.41, 5.74) is 10.8. The zero-order valence-electron chi connectivity index (χ0n) is 24.6. The molecule has 0 spiro atoms. The number of likely N-dealkylation sites (N-methyl/N-ethyl adjacent to an activating group) is 1. The van der Waals surface area contributed by atoms with E-state index in [4.69, 9.17) is 20.2 Å². The minimum Gasteiger partial charge on any atom is -0.457 e. The summed E-state index contributed by atoms with van der Waals surface area (Å²) in [6.45, 7) is 3.68. The van der Waals surface area contributed by atoms with Gasteiger partial charge in [-0.2, -0.15) is 0 Å². The molecule has 3 aliphatic rings. The van der Waals surface area contributed by atoms with E-state index < -0.39 is 0 Å². The summed E-state index contributed by atoms with van der Waals surface area (Å²) in [7, 11) is 2.09. The maximum absolute atomic E-state index is 13.2. The van der Waals surface area contributed by atoms with Crippen molar-refractivity contribution < 1.29 is 14.3 Å². The second-order valence-electron chi connectivity index (χ2n) is 11.9. The summed E-state index contributed by atoms with van der Waals surface area (Å²) in [4.78, 5) is 26.6. The summed E-state index contributed by atoms with van der Waals surface area (Å²) in [6.07, 6.45) is 9.43. The number of nitrogens with zero attached hydrogens (tertiary/aromatic N) is 5. The van der Waals surface area contributed by atoms with Gasteiger partial charge in [-0.3, -0.25) is 9.69 Å². The van der Waals surface area contributed by atoms with Crippen LogP contribution in [0.1, 0.15) is 43.3 Å². The number of nitrogen functional groups attached to an aromatic ring is 1. The zero-order chi connectivity index (χ0) is 29.3. The standard InChI is InChI=1S/C34H38N6O3/c1-38(26-16-19-42-21-26)17-5-8-29(41)39-18-15-25(20-39)40-32(24-9-10-24)30(31-33(35)36-22-37-34(31)40)23-11-13-28(14-12-23)43-27-6-3-2-4-7-27/h2-8,11-14,22,24-26H,9-10,15-21H2,1H3,(H2,35,36,37)/b8-5+/t25-,26-/m1/s1. The van der Waals surface area contributed by atoms with E-state index in [0.717, 1.165) is 79.1 Å². The van der Waals surface area contributed by atoms with E-state index in [1.807, 2.05) is 53.4 Å². The lowest BCUT2D eigenvalue weighted by Gasteiger charge is -2.21. The second-order valence-corrected chi connectivity index (χ2v) is 11.9. The van der Waals surface area contributed by atoms with Gasteiger partial charge >= 0.3 is 0 Å². The van der Waals surface area contributed by atoms with Gasteiger partial charge in [-0.05, 0) is 68.5 Å². The maximum Gasteiger partial charge on any atom is 0.246 e. The van der Waals surface area contributed by atoms with E-state index in [1.54, 1.807) is 12.4 Å². The highest BCUT2D eigenvalue weighted by Gasteiger charge is 2.38. The van der Waals surface area contributed by atoms with Crippen LogP contribution in [0.3, 0.4) is 0 Å². The molecule has 2 aliphatic heterocycles. The molecule has 2 saturated heterocycles. The normalized spacial score (nSPS) is 20.6. The quantitative estimate of drug-likeness (QED) is 0.266. The van der Waals surface area contributed by atoms with Gasteiger partial charge < -0.3 is 24.7 Å². The van der Waals surface area contributed by atoms with E-state index >= 15 is 0 Å². The lowest BCUT2D eigenvalue weighted by atomic mass is 10.0. The van der Waals surface area contributed by atoms with Crippen LogP contribution >= 0.6 is 0 Å². The van der Waals surface area contributed by atoms with E-state index in [0.29, 0.717) is 30.9 Å². The van der Waals surface area contributed by atoms with Crippen molar-refractivity contribution in [3.05, 3.63) is 78.8 Å². The number of carbonyl (C=O) groups is 1. The highest BCUT2D eigenvalue weighted by molar-refractivity contribution is 6.03. The molecule has 222 valence electrons. The van der Waals surface area contributed by atoms with Crippen molar-refractivity contribution in [2.75, 3.05) is 45.6 Å². The topological polar surface area (TPSA) is 98.7 Å². The Balaban J connectivity index is 1.15. The van der Waals surface area contributed by atoms with Gasteiger partial charge in [0.25, 0.3) is 0 Å². The predicted molar refractivity (Wildman–Crippen MR) is 167 cm³/mol. The Kier molecular flexibility index (Phi) is 7.59. The Morgan fingerprint density at radius 2 is 1.86 bits per heavy atom. The number of hydrogen-bond acceptors (Lipinski definition) is 7. The summed E-state index contributed by atoms with van der Waals surface area (Å²) in [5, 5.41) is 0.893. The van der Waals surface area contributed by atoms with Crippen LogP contribution < -0.4 is 10.5 Å². The Bertz CT molecular complexity index is 1620. The number of rotatable bonds is 9. The van der Waals surface area contributed by atoms with Crippen molar-refractivity contribution in [3.63, 3.8) is 0 Å². The third-order valence-corrected chi connectivity index (χ3v) is 8.96. The molecule has 1 aliphatic carbocycles. The molecular weight excluding hydrogens is 540 g/mol. The van der Waals surface area contributed by atoms with Gasteiger partial charge in [0.15, 0.2) is 0 Å². The van der Waals surface area contributed by atoms with Gasteiger partial charge in [-0.1, -0.05) is 36.4 Å². The Morgan fingerprint density at radius 1 is 1.07 bits per heavy atom. The van der Waals surface area contributed by atoms with Crippen molar-refractivity contribution in [3.8, 4) is 22.6 Å². The van der Waals surface area contributed by atoms with Crippen LogP contribution in [0.15, 0.2) is 73.1 Å². The number of carbonyl (C=O) groups excluding carboxylic acids is 1. The van der Waals surface area contributed by atoms with Crippen molar-refractivity contribution in [2.45, 2.75) is 43.7 Å². The monoisotopic (exact) mass is 578 g/mol. The number of fused-ring (bicyclic) bond motifs is 1. The number of aromatic nitrogens is 3. The number of hydrogen-bond donors (Lipinski definition) is 1. The van der Waals surface area contributed by atoms with E-state index in [1.165, 1.54) is 5.69 Å². The molecule has 4 aromatic rings. The first-order valence-electron chi connectivity index (χ1n) is 15.3. The van der Waals surface area contributed by atoms with Crippen LogP contribution in [0.4, 0.5) is 5.82 Å². The average Bonchev–Trinajstić information content (AvgIpc) is 3.39. The van der Waals surface area contributed by atoms with Gasteiger partial charge in [0.1, 0.15) is 29.3 Å². The van der Waals surface area contributed by atoms with Crippen molar-refractivity contribution in [1.82, 2.24) is 24.3 Å². The van der Waals surface area contributed by atoms with E-state index in [-0.39, 0.29) is 11.9 Å². The van der Waals surface area contributed by atoms with E-state index in [2.05, 4.69) is 33.6 Å². The molecule has 2 atom stereocenters. The highest BCUT2D eigenvalue weighted by Crippen LogP contribution is 2.51. The smallest absolute Gasteiger partial charge is 0.246 e. The summed E-state index contributed by atoms with van der Waals surface area (Å²) in [6, 6.07) is 18.5. The second kappa shape index (κ2) is 11.8. The molecule has 2 aromatic heterocycles. The van der Waals surface area contributed by atoms with Gasteiger partial charge in [0.05, 0.1) is 18.0 Å². The van der Waals surface area contributed by atoms with Crippen LogP contribution in [0, 0.1) is 0 Å². The highest BCUT2D eigenvalue weighted by atomic mass is 16.5. The number of anilines is 1. The molecule has 2 aromatic carbocycles. The molecule has 0 bridgehead atoms. The molecule has 0 radical (unpaired) electrons. The fourth-order valence-electron chi connectivity index (χ4n) is 6.50. The van der Waals surface area contributed by atoms with Crippen LogP contribution in [-0.2, 0) is 9.53 Å². The van der Waals surface area contributed by atoms with Crippen LogP contribution in [0.2, 0.25) is 0 Å². The molecule has 9 nitrogen and oxygen atoms in total. The Morgan fingerprint density at radius 3 is 2.60 bits per heavy atom. The summed E-state index contributed by atoms with van der Waals surface area (Å²) in [5.74, 6) is 2.55. The fraction of sp³-hybridized carbons (Fsp3) is 0.382. The number of nitrogens with two attached hydrogens (primary N) is 1. The molecule has 2 N–H and O–H groups in total. The van der Waals surface area contributed by atoms with Crippen LogP contribution in [-0.4, -0.2) is 76.2 Å². The first kappa shape index (κ1) is 27.6. The summed E-state index contributed by atoms with van der Waals surface area (Å²) >= 11 is 0. The van der Waals surface area contributed by atoms with E-state index in [9.17, 15) is 4.79 Å². The molecular formula is C34H38N6O3. The zero-order valence-corrected chi connectivity index (χ0v) is 24.6. The van der Waals surface area contributed by atoms with Crippen molar-refractivity contribution >= 4 is 22.8 Å². The van der Waals surface area contributed by atoms with Gasteiger partial charge in [-0.25, -0.2) is 9.97 Å². The first-order valence-corrected chi connectivity index (χ1v) is 15.3. The molecule has 9 heteroatoms. The number of benzene rings is 2. The molecule has 7 rings (SSSR count). The molecule has 0 unspecified atom stereocenters. The lowest BCUT2D eigenvalue weighted by molar-refractivity contribution is -0.125. The third kappa shape index (κ3) is 5.62. The largest absolute Gasteiger partial charge is 0.457 e. The number of ether oxygens (including phenoxy) is 2. The molecule has 1 amide bonds. The average molecular weight is 579 g/mol. The van der Waals surface area contributed by atoms with Crippen LogP contribution in [0.5, 0.6) is 11.5 Å². The van der Waals surface area contributed by atoms with Gasteiger partial charge in [0, 0.05) is 49.6 Å². The van der Waals surface area contributed by atoms with Crippen molar-refractivity contribution in [1.29, 1.82) is 0 Å². The first-order chi connectivity index (χ1) is 21.1. The van der Waals surface area contributed by atoms with Gasteiger partial charge in [-0.15, -0.1) is 0 Å². The number of para-hydroxylation sites is 1. The SMILES string of the molecule is CN(C/C=C/C(=O)N1CC[C@@H](n2c(C3CC3)c(-c3ccc(Oc4ccccc4)cc3)c3c(N)ncnc32)C1)[C@@H]1CCOC1. The predicted octanol–water partition coefficient (Wildman–Crippen LogP) is 5.40. The number of likely N-dealkylation sites (tertiary alicyclic amines) is 1. The van der Waals surface area contributed by atoms with Crippen LogP contribution in [0.25, 0.3) is 22.2 Å². The fourth-order valence-corrected chi connectivity index (χ4v) is 6.50. The minimum absolute atomic E-state index is 0.0615. The Labute approximate surface area is 251 Å². The molecule has 1 saturated carbocycles. The number of amides is 1. The minimum atomic E-state index is 0.0615. The van der Waals surface area contributed by atoms with Crippen molar-refractivity contribution in [2.24, 2.45) is 0 Å². The molecule has 4 heterocycles. The molecule has 43 heavy (non-hydrogen) atoms. The Hall–Kier alpha value is -4.21. The molecule has 3 fully saturated rings. The summed E-state index contributed by atoms with van der Waals surface area (Å²) < 4.78 is 13.9.